The van der Waals surface area contributed by atoms with Crippen molar-refractivity contribution in [3.8, 4) is 0 Å². The molecule has 0 fully saturated rings. The van der Waals surface area contributed by atoms with E-state index in [1.54, 1.807) is 11.3 Å². The fraction of sp³-hybridized carbons (Fsp3) is 0.615. The van der Waals surface area contributed by atoms with Gasteiger partial charge in [0, 0.05) is 16.8 Å². The first-order valence-electron chi connectivity index (χ1n) is 6.26. The van der Waals surface area contributed by atoms with Gasteiger partial charge in [0.25, 0.3) is 0 Å². The summed E-state index contributed by atoms with van der Waals surface area (Å²) in [6.07, 6.45) is 2.90. The molecule has 0 bridgehead atoms. The predicted octanol–water partition coefficient (Wildman–Crippen LogP) is 3.28. The number of hydrogen-bond donors (Lipinski definition) is 2. The molecule has 1 aromatic heterocycles. The molecule has 5 heteroatoms. The Morgan fingerprint density at radius 3 is 2.72 bits per heavy atom. The lowest BCUT2D eigenvalue weighted by Crippen LogP contribution is -2.28. The summed E-state index contributed by atoms with van der Waals surface area (Å²) in [5.41, 5.74) is 5.69. The first kappa shape index (κ1) is 15.7. The summed E-state index contributed by atoms with van der Waals surface area (Å²) in [4.78, 5) is 13.0. The third-order valence-corrected chi connectivity index (χ3v) is 4.43. The maximum Gasteiger partial charge on any atom is 0.223 e. The predicted molar refractivity (Wildman–Crippen MR) is 80.5 cm³/mol. The monoisotopic (exact) mass is 332 g/mol. The number of amides is 1. The maximum atomic E-state index is 11.8. The molecule has 0 aliphatic rings. The molecule has 2 unspecified atom stereocenters. The molecule has 0 radical (unpaired) electrons. The van der Waals surface area contributed by atoms with Gasteiger partial charge in [-0.05, 0) is 47.8 Å². The van der Waals surface area contributed by atoms with E-state index in [1.807, 2.05) is 26.0 Å². The molecule has 2 atom stereocenters. The molecule has 102 valence electrons. The van der Waals surface area contributed by atoms with Gasteiger partial charge in [0.2, 0.25) is 5.91 Å². The number of thiophene rings is 1. The second-order valence-corrected chi connectivity index (χ2v) is 7.28. The number of hydrogen-bond acceptors (Lipinski definition) is 3. The van der Waals surface area contributed by atoms with Gasteiger partial charge in [-0.25, -0.2) is 0 Å². The zero-order chi connectivity index (χ0) is 13.5. The van der Waals surface area contributed by atoms with Crippen LogP contribution in [0.3, 0.4) is 0 Å². The molecule has 18 heavy (non-hydrogen) atoms. The second-order valence-electron chi connectivity index (χ2n) is 4.73. The highest BCUT2D eigenvalue weighted by Gasteiger charge is 2.12. The van der Waals surface area contributed by atoms with Gasteiger partial charge in [-0.15, -0.1) is 11.3 Å². The van der Waals surface area contributed by atoms with Gasteiger partial charge < -0.3 is 11.1 Å². The molecule has 0 saturated heterocycles. The van der Waals surface area contributed by atoms with E-state index < -0.39 is 0 Å². The van der Waals surface area contributed by atoms with Gasteiger partial charge >= 0.3 is 0 Å². The molecule has 1 aromatic rings. The average molecular weight is 333 g/mol. The van der Waals surface area contributed by atoms with Crippen molar-refractivity contribution < 1.29 is 4.79 Å². The van der Waals surface area contributed by atoms with Crippen LogP contribution in [0, 0.1) is 5.92 Å². The van der Waals surface area contributed by atoms with Crippen LogP contribution in [0.1, 0.15) is 38.0 Å². The van der Waals surface area contributed by atoms with Crippen LogP contribution in [-0.2, 0) is 11.3 Å². The minimum absolute atomic E-state index is 0.0622. The van der Waals surface area contributed by atoms with E-state index in [9.17, 15) is 4.79 Å². The Morgan fingerprint density at radius 2 is 2.17 bits per heavy atom. The highest BCUT2D eigenvalue weighted by Crippen LogP contribution is 2.21. The van der Waals surface area contributed by atoms with Crippen molar-refractivity contribution in [2.24, 2.45) is 11.7 Å². The fourth-order valence-corrected chi connectivity index (χ4v) is 3.10. The number of nitrogens with two attached hydrogens (primary N) is 1. The topological polar surface area (TPSA) is 55.1 Å². The molecule has 0 aliphatic heterocycles. The lowest BCUT2D eigenvalue weighted by Gasteiger charge is -2.12. The average Bonchev–Trinajstić information content (AvgIpc) is 2.71. The van der Waals surface area contributed by atoms with Gasteiger partial charge in [0.05, 0.1) is 10.3 Å². The van der Waals surface area contributed by atoms with Crippen LogP contribution in [0.4, 0.5) is 0 Å². The van der Waals surface area contributed by atoms with Crippen LogP contribution in [0.2, 0.25) is 0 Å². The summed E-state index contributed by atoms with van der Waals surface area (Å²) in [5.74, 6) is 0.191. The van der Waals surface area contributed by atoms with E-state index in [4.69, 9.17) is 5.73 Å². The van der Waals surface area contributed by atoms with Crippen molar-refractivity contribution in [2.75, 3.05) is 0 Å². The van der Waals surface area contributed by atoms with Crippen molar-refractivity contribution in [1.82, 2.24) is 5.32 Å². The van der Waals surface area contributed by atoms with Crippen molar-refractivity contribution in [1.29, 1.82) is 0 Å². The van der Waals surface area contributed by atoms with E-state index in [-0.39, 0.29) is 17.9 Å². The Hall–Kier alpha value is -0.390. The quantitative estimate of drug-likeness (QED) is 0.804. The molecular formula is C13H21BrN2OS. The molecule has 0 spiro atoms. The van der Waals surface area contributed by atoms with Crippen LogP contribution in [-0.4, -0.2) is 11.9 Å². The van der Waals surface area contributed by atoms with Crippen LogP contribution < -0.4 is 11.1 Å². The molecule has 0 aromatic carbocycles. The Bertz CT molecular complexity index is 379. The van der Waals surface area contributed by atoms with Crippen LogP contribution in [0.25, 0.3) is 0 Å². The smallest absolute Gasteiger partial charge is 0.223 e. The standard InChI is InChI=1S/C13H21BrN2OS/c1-9(4-3-5-10(2)15)13(17)16-8-11-6-7-12(14)18-11/h6-7,9-10H,3-5,8,15H2,1-2H3,(H,16,17). The summed E-state index contributed by atoms with van der Waals surface area (Å²) in [5, 5.41) is 2.97. The normalized spacial score (nSPS) is 14.2. The number of halogens is 1. The van der Waals surface area contributed by atoms with Gasteiger partial charge in [-0.3, -0.25) is 4.79 Å². The third-order valence-electron chi connectivity index (χ3n) is 2.81. The Balaban J connectivity index is 2.23. The Morgan fingerprint density at radius 1 is 1.44 bits per heavy atom. The largest absolute Gasteiger partial charge is 0.351 e. The highest BCUT2D eigenvalue weighted by molar-refractivity contribution is 9.11. The van der Waals surface area contributed by atoms with Crippen LogP contribution in [0.5, 0.6) is 0 Å². The Kier molecular flexibility index (Phi) is 6.89. The zero-order valence-corrected chi connectivity index (χ0v) is 13.3. The van der Waals surface area contributed by atoms with Crippen LogP contribution in [0.15, 0.2) is 15.9 Å². The van der Waals surface area contributed by atoms with E-state index in [2.05, 4.69) is 21.2 Å². The first-order chi connectivity index (χ1) is 8.49. The number of nitrogens with one attached hydrogen (secondary N) is 1. The Labute approximate surface area is 121 Å². The summed E-state index contributed by atoms with van der Waals surface area (Å²) in [6, 6.07) is 4.25. The van der Waals surface area contributed by atoms with Crippen molar-refractivity contribution in [2.45, 2.75) is 45.7 Å². The lowest BCUT2D eigenvalue weighted by atomic mass is 10.0. The highest BCUT2D eigenvalue weighted by atomic mass is 79.9. The fourth-order valence-electron chi connectivity index (χ4n) is 1.67. The van der Waals surface area contributed by atoms with Crippen molar-refractivity contribution in [3.05, 3.63) is 20.8 Å². The summed E-state index contributed by atoms with van der Waals surface area (Å²) in [7, 11) is 0. The maximum absolute atomic E-state index is 11.8. The van der Waals surface area contributed by atoms with E-state index >= 15 is 0 Å². The van der Waals surface area contributed by atoms with Gasteiger partial charge in [0.15, 0.2) is 0 Å². The van der Waals surface area contributed by atoms with E-state index in [0.717, 1.165) is 27.9 Å². The third kappa shape index (κ3) is 5.98. The minimum atomic E-state index is 0.0622. The summed E-state index contributed by atoms with van der Waals surface area (Å²) in [6.45, 7) is 4.59. The van der Waals surface area contributed by atoms with E-state index in [1.165, 1.54) is 0 Å². The molecule has 1 amide bonds. The van der Waals surface area contributed by atoms with Crippen molar-refractivity contribution >= 4 is 33.2 Å². The van der Waals surface area contributed by atoms with Crippen molar-refractivity contribution in [3.63, 3.8) is 0 Å². The molecule has 3 N–H and O–H groups in total. The zero-order valence-electron chi connectivity index (χ0n) is 10.9. The number of carbonyl (C=O) groups is 1. The number of carbonyl (C=O) groups excluding carboxylic acids is 1. The summed E-state index contributed by atoms with van der Waals surface area (Å²) >= 11 is 5.06. The van der Waals surface area contributed by atoms with E-state index in [0.29, 0.717) is 6.54 Å². The van der Waals surface area contributed by atoms with Crippen LogP contribution >= 0.6 is 27.3 Å². The number of rotatable bonds is 7. The molecule has 0 aliphatic carbocycles. The molecular weight excluding hydrogens is 312 g/mol. The lowest BCUT2D eigenvalue weighted by molar-refractivity contribution is -0.124. The van der Waals surface area contributed by atoms with Gasteiger partial charge in [0.1, 0.15) is 0 Å². The minimum Gasteiger partial charge on any atom is -0.351 e. The molecule has 1 heterocycles. The molecule has 3 nitrogen and oxygen atoms in total. The van der Waals surface area contributed by atoms with Gasteiger partial charge in [-0.2, -0.15) is 0 Å². The molecule has 0 saturated carbocycles. The van der Waals surface area contributed by atoms with Gasteiger partial charge in [-0.1, -0.05) is 13.3 Å². The molecule has 1 rings (SSSR count). The second kappa shape index (κ2) is 7.92. The SMILES string of the molecule is CC(N)CCCC(C)C(=O)NCc1ccc(Br)s1. The first-order valence-corrected chi connectivity index (χ1v) is 7.87. The summed E-state index contributed by atoms with van der Waals surface area (Å²) < 4.78 is 1.09.